The summed E-state index contributed by atoms with van der Waals surface area (Å²) >= 11 is 0. The molecular formula is C13H14F4N2O2. The molecule has 0 spiro atoms. The van der Waals surface area contributed by atoms with E-state index in [1.54, 1.807) is 0 Å². The van der Waals surface area contributed by atoms with Gasteiger partial charge in [-0.25, -0.2) is 0 Å². The van der Waals surface area contributed by atoms with E-state index in [0.717, 1.165) is 12.1 Å². The fourth-order valence-corrected chi connectivity index (χ4v) is 2.60. The van der Waals surface area contributed by atoms with Gasteiger partial charge in [-0.2, -0.15) is 17.6 Å². The number of alkyl halides is 3. The largest absolute Gasteiger partial charge is 0.391 e. The van der Waals surface area contributed by atoms with E-state index in [1.807, 2.05) is 0 Å². The van der Waals surface area contributed by atoms with Crippen LogP contribution in [-0.2, 0) is 0 Å². The molecule has 116 valence electrons. The van der Waals surface area contributed by atoms with Crippen LogP contribution in [0.3, 0.4) is 0 Å². The van der Waals surface area contributed by atoms with Crippen LogP contribution in [-0.4, -0.2) is 17.1 Å². The van der Waals surface area contributed by atoms with E-state index in [0.29, 0.717) is 12.8 Å². The van der Waals surface area contributed by atoms with Crippen molar-refractivity contribution in [1.82, 2.24) is 0 Å². The molecule has 8 heteroatoms. The maximum atomic E-state index is 13.5. The number of hydrogen-bond donors (Lipinski definition) is 1. The number of anilines is 1. The Balaban J connectivity index is 2.05. The zero-order valence-corrected chi connectivity index (χ0v) is 11.0. The van der Waals surface area contributed by atoms with Gasteiger partial charge in [-0.1, -0.05) is 6.42 Å². The van der Waals surface area contributed by atoms with Crippen LogP contribution in [0.2, 0.25) is 0 Å². The van der Waals surface area contributed by atoms with E-state index < -0.39 is 34.6 Å². The summed E-state index contributed by atoms with van der Waals surface area (Å²) in [6, 6.07) is 2.83. The lowest BCUT2D eigenvalue weighted by molar-refractivity contribution is -0.387. The summed E-state index contributed by atoms with van der Waals surface area (Å²) in [4.78, 5) is 9.65. The molecule has 1 aromatic carbocycles. The minimum absolute atomic E-state index is 0.0674. The van der Waals surface area contributed by atoms with E-state index in [9.17, 15) is 27.7 Å². The Kier molecular flexibility index (Phi) is 4.34. The van der Waals surface area contributed by atoms with Crippen molar-refractivity contribution < 1.29 is 22.5 Å². The number of nitro groups is 1. The summed E-state index contributed by atoms with van der Waals surface area (Å²) in [5.41, 5.74) is -0.400. The summed E-state index contributed by atoms with van der Waals surface area (Å²) in [5.74, 6) is -2.36. The Labute approximate surface area is 118 Å². The number of nitrogens with zero attached hydrogens (tertiary/aromatic N) is 1. The van der Waals surface area contributed by atoms with Gasteiger partial charge in [0.05, 0.1) is 10.8 Å². The Morgan fingerprint density at radius 3 is 2.57 bits per heavy atom. The molecule has 1 fully saturated rings. The molecule has 0 saturated heterocycles. The Hall–Kier alpha value is -1.86. The number of halogens is 4. The van der Waals surface area contributed by atoms with Gasteiger partial charge >= 0.3 is 11.9 Å². The summed E-state index contributed by atoms with van der Waals surface area (Å²) in [7, 11) is 0. The highest BCUT2D eigenvalue weighted by atomic mass is 19.4. The second kappa shape index (κ2) is 5.87. The van der Waals surface area contributed by atoms with Crippen molar-refractivity contribution in [2.75, 3.05) is 5.32 Å². The van der Waals surface area contributed by atoms with E-state index in [-0.39, 0.29) is 18.5 Å². The van der Waals surface area contributed by atoms with E-state index in [2.05, 4.69) is 5.32 Å². The minimum Gasteiger partial charge on any atom is -0.382 e. The molecule has 2 rings (SSSR count). The fraction of sp³-hybridized carbons (Fsp3) is 0.538. The van der Waals surface area contributed by atoms with Crippen molar-refractivity contribution >= 4 is 11.4 Å². The molecule has 0 bridgehead atoms. The highest BCUT2D eigenvalue weighted by Crippen LogP contribution is 2.38. The van der Waals surface area contributed by atoms with Gasteiger partial charge < -0.3 is 5.32 Å². The Bertz CT molecular complexity index is 533. The van der Waals surface area contributed by atoms with Crippen LogP contribution in [0.4, 0.5) is 28.9 Å². The summed E-state index contributed by atoms with van der Waals surface area (Å²) in [6.07, 6.45) is -3.18. The van der Waals surface area contributed by atoms with Crippen molar-refractivity contribution in [3.63, 3.8) is 0 Å². The molecule has 0 heterocycles. The van der Waals surface area contributed by atoms with Crippen LogP contribution in [0.15, 0.2) is 18.2 Å². The van der Waals surface area contributed by atoms with Gasteiger partial charge in [0.25, 0.3) is 0 Å². The molecule has 21 heavy (non-hydrogen) atoms. The molecule has 0 aliphatic heterocycles. The van der Waals surface area contributed by atoms with Gasteiger partial charge in [0.15, 0.2) is 0 Å². The van der Waals surface area contributed by atoms with Crippen LogP contribution < -0.4 is 5.32 Å². The smallest absolute Gasteiger partial charge is 0.382 e. The van der Waals surface area contributed by atoms with Gasteiger partial charge in [0.1, 0.15) is 0 Å². The molecule has 2 atom stereocenters. The molecule has 1 saturated carbocycles. The summed E-state index contributed by atoms with van der Waals surface area (Å²) < 4.78 is 51.5. The monoisotopic (exact) mass is 306 g/mol. The molecule has 1 aromatic rings. The van der Waals surface area contributed by atoms with Crippen LogP contribution in [0.1, 0.15) is 25.7 Å². The highest BCUT2D eigenvalue weighted by molar-refractivity contribution is 5.50. The summed E-state index contributed by atoms with van der Waals surface area (Å²) in [6.45, 7) is 0. The van der Waals surface area contributed by atoms with Crippen molar-refractivity contribution in [3.05, 3.63) is 34.1 Å². The number of rotatable bonds is 3. The van der Waals surface area contributed by atoms with Crippen molar-refractivity contribution in [2.45, 2.75) is 37.9 Å². The minimum atomic E-state index is -4.22. The van der Waals surface area contributed by atoms with Gasteiger partial charge in [-0.3, -0.25) is 10.1 Å². The average molecular weight is 306 g/mol. The average Bonchev–Trinajstić information content (AvgIpc) is 2.37. The first-order valence-electron chi connectivity index (χ1n) is 6.54. The molecule has 4 nitrogen and oxygen atoms in total. The van der Waals surface area contributed by atoms with Crippen molar-refractivity contribution in [2.24, 2.45) is 5.92 Å². The maximum Gasteiger partial charge on any atom is 0.391 e. The highest BCUT2D eigenvalue weighted by Gasteiger charge is 2.42. The number of benzene rings is 1. The maximum absolute atomic E-state index is 13.5. The zero-order valence-electron chi connectivity index (χ0n) is 11.0. The van der Waals surface area contributed by atoms with Crippen molar-refractivity contribution in [3.8, 4) is 0 Å². The van der Waals surface area contributed by atoms with Gasteiger partial charge in [0, 0.05) is 23.9 Å². The van der Waals surface area contributed by atoms with Gasteiger partial charge in [-0.15, -0.1) is 0 Å². The second-order valence-electron chi connectivity index (χ2n) is 5.17. The quantitative estimate of drug-likeness (QED) is 0.515. The molecule has 0 amide bonds. The SMILES string of the molecule is O=[N+]([O-])c1ccc(NC2CCCC(C(F)(F)F)C2)cc1F. The lowest BCUT2D eigenvalue weighted by atomic mass is 9.85. The van der Waals surface area contributed by atoms with E-state index >= 15 is 0 Å². The third kappa shape index (κ3) is 3.83. The van der Waals surface area contributed by atoms with Crippen LogP contribution in [0.25, 0.3) is 0 Å². The molecule has 1 aliphatic rings. The zero-order chi connectivity index (χ0) is 15.6. The predicted octanol–water partition coefficient (Wildman–Crippen LogP) is 4.27. The standard InChI is InChI=1S/C13H14F4N2O2/c14-11-7-10(4-5-12(11)19(20)21)18-9-3-1-2-8(6-9)13(15,16)17/h4-5,7-9,18H,1-3,6H2. The normalized spacial score (nSPS) is 22.9. The lowest BCUT2D eigenvalue weighted by Crippen LogP contribution is -2.34. The van der Waals surface area contributed by atoms with E-state index in [1.165, 1.54) is 6.07 Å². The first-order chi connectivity index (χ1) is 9.77. The number of nitrogens with one attached hydrogen (secondary N) is 1. The fourth-order valence-electron chi connectivity index (χ4n) is 2.60. The second-order valence-corrected chi connectivity index (χ2v) is 5.17. The van der Waals surface area contributed by atoms with Gasteiger partial charge in [-0.05, 0) is 25.3 Å². The van der Waals surface area contributed by atoms with Crippen LogP contribution in [0.5, 0.6) is 0 Å². The molecule has 1 N–H and O–H groups in total. The number of nitro benzene ring substituents is 1. The molecular weight excluding hydrogens is 292 g/mol. The first kappa shape index (κ1) is 15.5. The van der Waals surface area contributed by atoms with Gasteiger partial charge in [0.2, 0.25) is 5.82 Å². The first-order valence-corrected chi connectivity index (χ1v) is 6.54. The molecule has 1 aliphatic carbocycles. The molecule has 0 radical (unpaired) electrons. The molecule has 2 unspecified atom stereocenters. The Morgan fingerprint density at radius 1 is 1.29 bits per heavy atom. The predicted molar refractivity (Wildman–Crippen MR) is 68.5 cm³/mol. The van der Waals surface area contributed by atoms with Crippen LogP contribution in [0, 0.1) is 21.8 Å². The van der Waals surface area contributed by atoms with Crippen LogP contribution >= 0.6 is 0 Å². The lowest BCUT2D eigenvalue weighted by Gasteiger charge is -2.31. The number of hydrogen-bond acceptors (Lipinski definition) is 3. The topological polar surface area (TPSA) is 55.2 Å². The molecule has 0 aromatic heterocycles. The van der Waals surface area contributed by atoms with E-state index in [4.69, 9.17) is 0 Å². The third-order valence-corrected chi connectivity index (χ3v) is 3.65. The third-order valence-electron chi connectivity index (χ3n) is 3.65. The summed E-state index contributed by atoms with van der Waals surface area (Å²) in [5, 5.41) is 13.3. The van der Waals surface area contributed by atoms with Crippen molar-refractivity contribution in [1.29, 1.82) is 0 Å². The Morgan fingerprint density at radius 2 is 2.00 bits per heavy atom.